The molecule has 5 heteroatoms. The highest BCUT2D eigenvalue weighted by atomic mass is 35.5. The Kier molecular flexibility index (Phi) is 3.07. The molecule has 2 rings (SSSR count). The van der Waals surface area contributed by atoms with Crippen LogP contribution < -0.4 is 4.74 Å². The van der Waals surface area contributed by atoms with E-state index in [9.17, 15) is 0 Å². The lowest BCUT2D eigenvalue weighted by molar-refractivity contribution is 0.263. The van der Waals surface area contributed by atoms with Crippen molar-refractivity contribution in [3.63, 3.8) is 0 Å². The Morgan fingerprint density at radius 1 is 1.21 bits per heavy atom. The summed E-state index contributed by atoms with van der Waals surface area (Å²) in [5, 5.41) is 1.31. The van der Waals surface area contributed by atoms with Crippen molar-refractivity contribution in [2.45, 2.75) is 6.10 Å². The molecule has 76 valence electrons. The summed E-state index contributed by atoms with van der Waals surface area (Å²) in [6.07, 6.45) is 0.195. The summed E-state index contributed by atoms with van der Waals surface area (Å²) < 4.78 is 10.4. The molecule has 0 spiro atoms. The molecule has 0 aliphatic carbocycles. The van der Waals surface area contributed by atoms with Crippen LogP contribution in [0.3, 0.4) is 0 Å². The topological polar surface area (TPSA) is 21.8 Å². The Labute approximate surface area is 96.7 Å². The molecule has 0 radical (unpaired) electrons. The summed E-state index contributed by atoms with van der Waals surface area (Å²) in [4.78, 5) is 0. The molecule has 14 heavy (non-hydrogen) atoms. The van der Waals surface area contributed by atoms with Gasteiger partial charge in [0.25, 0.3) is 0 Å². The molecule has 1 aromatic rings. The van der Waals surface area contributed by atoms with Gasteiger partial charge in [0.1, 0.15) is 18.5 Å². The summed E-state index contributed by atoms with van der Waals surface area (Å²) in [5.74, 6) is 0.538. The fourth-order valence-electron chi connectivity index (χ4n) is 0.962. The van der Waals surface area contributed by atoms with Crippen LogP contribution in [0.1, 0.15) is 0 Å². The third-order valence-corrected chi connectivity index (χ3v) is 2.82. The third-order valence-electron chi connectivity index (χ3n) is 1.80. The second-order valence-corrected chi connectivity index (χ2v) is 4.18. The van der Waals surface area contributed by atoms with Crippen molar-refractivity contribution in [3.05, 3.63) is 27.2 Å². The minimum atomic E-state index is 0.195. The highest BCUT2D eigenvalue weighted by molar-refractivity contribution is 6.43. The third kappa shape index (κ3) is 2.45. The number of benzene rings is 1. The number of ether oxygens (including phenoxy) is 2. The Balaban J connectivity index is 2.10. The van der Waals surface area contributed by atoms with Crippen molar-refractivity contribution in [2.24, 2.45) is 0 Å². The highest BCUT2D eigenvalue weighted by Crippen LogP contribution is 2.34. The van der Waals surface area contributed by atoms with E-state index in [0.717, 1.165) is 6.61 Å². The van der Waals surface area contributed by atoms with Gasteiger partial charge in [-0.1, -0.05) is 34.8 Å². The van der Waals surface area contributed by atoms with Crippen LogP contribution in [0.15, 0.2) is 12.1 Å². The van der Waals surface area contributed by atoms with E-state index in [1.54, 1.807) is 12.1 Å². The number of rotatable bonds is 3. The maximum atomic E-state index is 5.90. The average molecular weight is 254 g/mol. The second-order valence-electron chi connectivity index (χ2n) is 2.96. The molecule has 1 fully saturated rings. The van der Waals surface area contributed by atoms with Crippen molar-refractivity contribution in [2.75, 3.05) is 13.2 Å². The number of halogens is 3. The van der Waals surface area contributed by atoms with Crippen LogP contribution in [0, 0.1) is 0 Å². The minimum Gasteiger partial charge on any atom is -0.489 e. The van der Waals surface area contributed by atoms with Crippen molar-refractivity contribution in [1.29, 1.82) is 0 Å². The minimum absolute atomic E-state index is 0.195. The number of hydrogen-bond donors (Lipinski definition) is 0. The second kappa shape index (κ2) is 4.15. The molecule has 0 amide bonds. The first-order chi connectivity index (χ1) is 6.66. The Morgan fingerprint density at radius 3 is 2.50 bits per heavy atom. The van der Waals surface area contributed by atoms with E-state index < -0.39 is 0 Å². The molecule has 2 nitrogen and oxygen atoms in total. The largest absolute Gasteiger partial charge is 0.489 e. The van der Waals surface area contributed by atoms with Crippen LogP contribution in [-0.2, 0) is 4.74 Å². The van der Waals surface area contributed by atoms with Gasteiger partial charge in [0.2, 0.25) is 0 Å². The van der Waals surface area contributed by atoms with E-state index in [4.69, 9.17) is 44.3 Å². The Morgan fingerprint density at radius 2 is 1.86 bits per heavy atom. The molecular weight excluding hydrogens is 246 g/mol. The first-order valence-corrected chi connectivity index (χ1v) is 5.19. The van der Waals surface area contributed by atoms with Crippen molar-refractivity contribution in [1.82, 2.24) is 0 Å². The molecule has 1 heterocycles. The van der Waals surface area contributed by atoms with Crippen molar-refractivity contribution < 1.29 is 9.47 Å². The maximum Gasteiger partial charge on any atom is 0.139 e. The van der Waals surface area contributed by atoms with Gasteiger partial charge >= 0.3 is 0 Å². The normalized spacial score (nSPS) is 19.5. The lowest BCUT2D eigenvalue weighted by Gasteiger charge is -2.07. The van der Waals surface area contributed by atoms with Crippen LogP contribution in [0.4, 0.5) is 0 Å². The SMILES string of the molecule is Clc1cc(Cl)c(OC[C@@H]2CO2)cc1Cl. The quantitative estimate of drug-likeness (QED) is 0.608. The average Bonchev–Trinajstić information content (AvgIpc) is 2.92. The number of epoxide rings is 1. The summed E-state index contributed by atoms with van der Waals surface area (Å²) in [6, 6.07) is 3.17. The fourth-order valence-corrected chi connectivity index (χ4v) is 1.55. The van der Waals surface area contributed by atoms with E-state index >= 15 is 0 Å². The molecule has 1 atom stereocenters. The van der Waals surface area contributed by atoms with Gasteiger partial charge in [-0.05, 0) is 6.07 Å². The lowest BCUT2D eigenvalue weighted by atomic mass is 10.3. The van der Waals surface area contributed by atoms with Gasteiger partial charge in [0.05, 0.1) is 21.7 Å². The first-order valence-electron chi connectivity index (χ1n) is 4.06. The van der Waals surface area contributed by atoms with E-state index in [1.165, 1.54) is 0 Å². The molecule has 0 saturated carbocycles. The van der Waals surface area contributed by atoms with Gasteiger partial charge in [-0.25, -0.2) is 0 Å². The van der Waals surface area contributed by atoms with E-state index in [2.05, 4.69) is 0 Å². The van der Waals surface area contributed by atoms with Crippen LogP contribution in [0.2, 0.25) is 15.1 Å². The zero-order valence-electron chi connectivity index (χ0n) is 7.10. The molecule has 1 aromatic carbocycles. The summed E-state index contributed by atoms with van der Waals surface area (Å²) in [5.41, 5.74) is 0. The predicted molar refractivity (Wildman–Crippen MR) is 56.7 cm³/mol. The van der Waals surface area contributed by atoms with E-state index in [0.29, 0.717) is 27.4 Å². The lowest BCUT2D eigenvalue weighted by Crippen LogP contribution is -2.04. The summed E-state index contributed by atoms with van der Waals surface area (Å²) in [7, 11) is 0. The molecule has 1 aliphatic heterocycles. The van der Waals surface area contributed by atoms with Gasteiger partial charge in [-0.2, -0.15) is 0 Å². The van der Waals surface area contributed by atoms with Crippen LogP contribution in [0.25, 0.3) is 0 Å². The smallest absolute Gasteiger partial charge is 0.139 e. The predicted octanol–water partition coefficient (Wildman–Crippen LogP) is 3.42. The maximum absolute atomic E-state index is 5.90. The summed E-state index contributed by atoms with van der Waals surface area (Å²) in [6.45, 7) is 1.25. The molecule has 0 bridgehead atoms. The fraction of sp³-hybridized carbons (Fsp3) is 0.333. The standard InChI is InChI=1S/C9H7Cl3O2/c10-6-1-8(12)9(2-7(6)11)14-4-5-3-13-5/h1-2,5H,3-4H2/t5-/m0/s1. The monoisotopic (exact) mass is 252 g/mol. The van der Waals surface area contributed by atoms with Gasteiger partial charge < -0.3 is 9.47 Å². The zero-order valence-corrected chi connectivity index (χ0v) is 9.36. The highest BCUT2D eigenvalue weighted by Gasteiger charge is 2.23. The van der Waals surface area contributed by atoms with Gasteiger partial charge in [-0.3, -0.25) is 0 Å². The summed E-state index contributed by atoms with van der Waals surface area (Å²) >= 11 is 17.5. The first kappa shape index (κ1) is 10.4. The Bertz CT molecular complexity index is 350. The molecule has 0 N–H and O–H groups in total. The van der Waals surface area contributed by atoms with Gasteiger partial charge in [0, 0.05) is 6.07 Å². The van der Waals surface area contributed by atoms with Crippen LogP contribution >= 0.6 is 34.8 Å². The van der Waals surface area contributed by atoms with Gasteiger partial charge in [0.15, 0.2) is 0 Å². The molecule has 0 aromatic heterocycles. The van der Waals surface area contributed by atoms with Gasteiger partial charge in [-0.15, -0.1) is 0 Å². The zero-order chi connectivity index (χ0) is 10.1. The van der Waals surface area contributed by atoms with E-state index in [-0.39, 0.29) is 6.10 Å². The van der Waals surface area contributed by atoms with E-state index in [1.807, 2.05) is 0 Å². The van der Waals surface area contributed by atoms with Crippen LogP contribution in [-0.4, -0.2) is 19.3 Å². The Hall–Kier alpha value is -0.150. The molecule has 1 aliphatic rings. The molecular formula is C9H7Cl3O2. The van der Waals surface area contributed by atoms with Crippen LogP contribution in [0.5, 0.6) is 5.75 Å². The van der Waals surface area contributed by atoms with Crippen molar-refractivity contribution in [3.8, 4) is 5.75 Å². The number of hydrogen-bond acceptors (Lipinski definition) is 2. The molecule has 0 unspecified atom stereocenters. The molecule has 1 saturated heterocycles. The van der Waals surface area contributed by atoms with Crippen molar-refractivity contribution >= 4 is 34.8 Å².